The Bertz CT molecular complexity index is 467. The smallest absolute Gasteiger partial charge is 0.123 e. The molecule has 0 saturated carbocycles. The molecule has 1 heterocycles. The standard InChI is InChI=1S/C13H16FN3/c1-2-12(15)13(17-7-6-16-9-17)10-4-3-5-11(14)8-10/h3-9,12-13H,2,15H2,1H3. The molecule has 2 aromatic rings. The van der Waals surface area contributed by atoms with Crippen LogP contribution in [-0.4, -0.2) is 15.6 Å². The van der Waals surface area contributed by atoms with Gasteiger partial charge in [-0.3, -0.25) is 0 Å². The van der Waals surface area contributed by atoms with Crippen LogP contribution < -0.4 is 5.73 Å². The molecule has 0 aliphatic carbocycles. The van der Waals surface area contributed by atoms with E-state index in [9.17, 15) is 4.39 Å². The third kappa shape index (κ3) is 2.53. The number of hydrogen-bond acceptors (Lipinski definition) is 2. The van der Waals surface area contributed by atoms with Crippen molar-refractivity contribution < 1.29 is 4.39 Å². The minimum Gasteiger partial charge on any atom is -0.328 e. The highest BCUT2D eigenvalue weighted by atomic mass is 19.1. The summed E-state index contributed by atoms with van der Waals surface area (Å²) in [6.45, 7) is 2.02. The van der Waals surface area contributed by atoms with Crippen LogP contribution >= 0.6 is 0 Å². The van der Waals surface area contributed by atoms with Crippen molar-refractivity contribution in [1.82, 2.24) is 9.55 Å². The Morgan fingerprint density at radius 1 is 1.47 bits per heavy atom. The predicted molar refractivity (Wildman–Crippen MR) is 65.0 cm³/mol. The predicted octanol–water partition coefficient (Wildman–Crippen LogP) is 2.35. The molecule has 1 aromatic heterocycles. The van der Waals surface area contributed by atoms with Gasteiger partial charge in [-0.05, 0) is 24.1 Å². The zero-order valence-electron chi connectivity index (χ0n) is 9.75. The third-order valence-electron chi connectivity index (χ3n) is 2.91. The summed E-state index contributed by atoms with van der Waals surface area (Å²) in [5, 5.41) is 0. The number of nitrogens with two attached hydrogens (primary N) is 1. The monoisotopic (exact) mass is 233 g/mol. The number of benzene rings is 1. The van der Waals surface area contributed by atoms with E-state index in [2.05, 4.69) is 4.98 Å². The van der Waals surface area contributed by atoms with Gasteiger partial charge in [0.25, 0.3) is 0 Å². The second-order valence-corrected chi connectivity index (χ2v) is 4.08. The lowest BCUT2D eigenvalue weighted by Crippen LogP contribution is -2.32. The molecule has 0 aliphatic heterocycles. The van der Waals surface area contributed by atoms with Crippen LogP contribution in [0.15, 0.2) is 43.0 Å². The first kappa shape index (κ1) is 11.8. The molecule has 2 N–H and O–H groups in total. The van der Waals surface area contributed by atoms with E-state index < -0.39 is 0 Å². The lowest BCUT2D eigenvalue weighted by molar-refractivity contribution is 0.456. The lowest BCUT2D eigenvalue weighted by atomic mass is 9.98. The van der Waals surface area contributed by atoms with E-state index in [0.717, 1.165) is 12.0 Å². The van der Waals surface area contributed by atoms with Gasteiger partial charge < -0.3 is 10.3 Å². The highest BCUT2D eigenvalue weighted by Crippen LogP contribution is 2.23. The first-order valence-electron chi connectivity index (χ1n) is 5.71. The molecule has 17 heavy (non-hydrogen) atoms. The highest BCUT2D eigenvalue weighted by molar-refractivity contribution is 5.22. The molecule has 2 rings (SSSR count). The van der Waals surface area contributed by atoms with Crippen LogP contribution in [-0.2, 0) is 0 Å². The molecule has 2 unspecified atom stereocenters. The van der Waals surface area contributed by atoms with Crippen molar-refractivity contribution in [2.45, 2.75) is 25.4 Å². The van der Waals surface area contributed by atoms with Crippen LogP contribution in [0.3, 0.4) is 0 Å². The average molecular weight is 233 g/mol. The van der Waals surface area contributed by atoms with Gasteiger partial charge in [0.15, 0.2) is 0 Å². The van der Waals surface area contributed by atoms with Crippen LogP contribution in [0.25, 0.3) is 0 Å². The highest BCUT2D eigenvalue weighted by Gasteiger charge is 2.20. The maximum atomic E-state index is 13.3. The van der Waals surface area contributed by atoms with Gasteiger partial charge in [-0.2, -0.15) is 0 Å². The van der Waals surface area contributed by atoms with E-state index in [-0.39, 0.29) is 17.9 Å². The molecule has 0 saturated heterocycles. The minimum atomic E-state index is -0.240. The third-order valence-corrected chi connectivity index (χ3v) is 2.91. The van der Waals surface area contributed by atoms with Crippen molar-refractivity contribution in [1.29, 1.82) is 0 Å². The van der Waals surface area contributed by atoms with Crippen LogP contribution in [0, 0.1) is 5.82 Å². The molecule has 90 valence electrons. The van der Waals surface area contributed by atoms with Crippen molar-refractivity contribution in [2.75, 3.05) is 0 Å². The summed E-state index contributed by atoms with van der Waals surface area (Å²) in [5.41, 5.74) is 6.99. The summed E-state index contributed by atoms with van der Waals surface area (Å²) < 4.78 is 15.2. The van der Waals surface area contributed by atoms with Crippen molar-refractivity contribution in [3.63, 3.8) is 0 Å². The van der Waals surface area contributed by atoms with Gasteiger partial charge in [0.05, 0.1) is 12.4 Å². The Balaban J connectivity index is 2.40. The molecule has 0 aliphatic rings. The van der Waals surface area contributed by atoms with Crippen molar-refractivity contribution in [2.24, 2.45) is 5.73 Å². The van der Waals surface area contributed by atoms with Crippen LogP contribution in [0.4, 0.5) is 4.39 Å². The van der Waals surface area contributed by atoms with Crippen LogP contribution in [0.1, 0.15) is 24.9 Å². The largest absolute Gasteiger partial charge is 0.328 e. The second kappa shape index (κ2) is 5.10. The Hall–Kier alpha value is -1.68. The normalized spacial score (nSPS) is 14.5. The first-order valence-corrected chi connectivity index (χ1v) is 5.71. The number of nitrogens with zero attached hydrogens (tertiary/aromatic N) is 2. The fourth-order valence-electron chi connectivity index (χ4n) is 1.99. The maximum Gasteiger partial charge on any atom is 0.123 e. The van der Waals surface area contributed by atoms with Gasteiger partial charge in [0.1, 0.15) is 5.82 Å². The van der Waals surface area contributed by atoms with Crippen LogP contribution in [0.2, 0.25) is 0 Å². The van der Waals surface area contributed by atoms with Crippen LogP contribution in [0.5, 0.6) is 0 Å². The molecule has 0 fully saturated rings. The van der Waals surface area contributed by atoms with E-state index in [0.29, 0.717) is 0 Å². The Morgan fingerprint density at radius 2 is 2.29 bits per heavy atom. The summed E-state index contributed by atoms with van der Waals surface area (Å²) in [6.07, 6.45) is 6.09. The van der Waals surface area contributed by atoms with E-state index in [4.69, 9.17) is 5.73 Å². The number of imidazole rings is 1. The Kier molecular flexibility index (Phi) is 3.54. The maximum absolute atomic E-state index is 13.3. The van der Waals surface area contributed by atoms with Gasteiger partial charge >= 0.3 is 0 Å². The van der Waals surface area contributed by atoms with E-state index >= 15 is 0 Å². The molecular weight excluding hydrogens is 217 g/mol. The molecule has 0 spiro atoms. The average Bonchev–Trinajstić information content (AvgIpc) is 2.83. The van der Waals surface area contributed by atoms with Gasteiger partial charge in [-0.25, -0.2) is 9.37 Å². The number of aromatic nitrogens is 2. The molecular formula is C13H16FN3. The van der Waals surface area contributed by atoms with E-state index in [1.165, 1.54) is 12.1 Å². The number of hydrogen-bond donors (Lipinski definition) is 1. The zero-order valence-corrected chi connectivity index (χ0v) is 9.75. The Morgan fingerprint density at radius 3 is 2.88 bits per heavy atom. The topological polar surface area (TPSA) is 43.8 Å². The molecule has 0 amide bonds. The second-order valence-electron chi connectivity index (χ2n) is 4.08. The van der Waals surface area contributed by atoms with Gasteiger partial charge in [0, 0.05) is 18.4 Å². The first-order chi connectivity index (χ1) is 8.22. The summed E-state index contributed by atoms with van der Waals surface area (Å²) in [4.78, 5) is 4.02. The van der Waals surface area contributed by atoms with Crippen molar-refractivity contribution >= 4 is 0 Å². The molecule has 4 heteroatoms. The van der Waals surface area contributed by atoms with Gasteiger partial charge in [0.2, 0.25) is 0 Å². The SMILES string of the molecule is CCC(N)C(c1cccc(F)c1)n1ccnc1. The quantitative estimate of drug-likeness (QED) is 0.881. The fraction of sp³-hybridized carbons (Fsp3) is 0.308. The minimum absolute atomic E-state index is 0.0639. The Labute approximate surface area is 100 Å². The van der Waals surface area contributed by atoms with Gasteiger partial charge in [-0.1, -0.05) is 19.1 Å². The summed E-state index contributed by atoms with van der Waals surface area (Å²) in [7, 11) is 0. The van der Waals surface area contributed by atoms with Gasteiger partial charge in [-0.15, -0.1) is 0 Å². The molecule has 2 atom stereocenters. The molecule has 1 aromatic carbocycles. The lowest BCUT2D eigenvalue weighted by Gasteiger charge is -2.24. The van der Waals surface area contributed by atoms with E-state index in [1.807, 2.05) is 23.8 Å². The molecule has 3 nitrogen and oxygen atoms in total. The van der Waals surface area contributed by atoms with Crippen molar-refractivity contribution in [3.8, 4) is 0 Å². The zero-order chi connectivity index (χ0) is 12.3. The van der Waals surface area contributed by atoms with E-state index in [1.54, 1.807) is 18.6 Å². The van der Waals surface area contributed by atoms with Crippen molar-refractivity contribution in [3.05, 3.63) is 54.4 Å². The molecule has 0 radical (unpaired) electrons. The number of halogens is 1. The fourth-order valence-corrected chi connectivity index (χ4v) is 1.99. The summed E-state index contributed by atoms with van der Waals surface area (Å²) in [6, 6.07) is 6.43. The summed E-state index contributed by atoms with van der Waals surface area (Å²) in [5.74, 6) is -0.240. The molecule has 0 bridgehead atoms. The number of rotatable bonds is 4. The summed E-state index contributed by atoms with van der Waals surface area (Å²) >= 11 is 0.